The minimum Gasteiger partial charge on any atom is -0.361 e. The van der Waals surface area contributed by atoms with Crippen molar-refractivity contribution in [2.75, 3.05) is 0 Å². The summed E-state index contributed by atoms with van der Waals surface area (Å²) in [6, 6.07) is 0.297. The third kappa shape index (κ3) is 2.57. The molecule has 4 nitrogen and oxygen atoms in total. The van der Waals surface area contributed by atoms with Gasteiger partial charge in [0.1, 0.15) is 11.3 Å². The van der Waals surface area contributed by atoms with Gasteiger partial charge in [-0.25, -0.2) is 0 Å². The van der Waals surface area contributed by atoms with Gasteiger partial charge in [-0.3, -0.25) is 4.79 Å². The molecule has 1 saturated carbocycles. The highest BCUT2D eigenvalue weighted by atomic mass is 16.5. The van der Waals surface area contributed by atoms with E-state index in [0.29, 0.717) is 23.3 Å². The summed E-state index contributed by atoms with van der Waals surface area (Å²) in [5.74, 6) is 1.16. The molecule has 4 heteroatoms. The van der Waals surface area contributed by atoms with Crippen LogP contribution in [0.25, 0.3) is 0 Å². The Balaban J connectivity index is 2.09. The number of aromatic nitrogens is 1. The van der Waals surface area contributed by atoms with Crippen LogP contribution in [0.1, 0.15) is 61.3 Å². The van der Waals surface area contributed by atoms with E-state index in [2.05, 4.69) is 17.4 Å². The average molecular weight is 250 g/mol. The topological polar surface area (TPSA) is 55.1 Å². The molecule has 1 aromatic heterocycles. The summed E-state index contributed by atoms with van der Waals surface area (Å²) in [4.78, 5) is 12.3. The first kappa shape index (κ1) is 13.1. The van der Waals surface area contributed by atoms with E-state index in [0.717, 1.165) is 18.5 Å². The maximum Gasteiger partial charge on any atom is 0.257 e. The van der Waals surface area contributed by atoms with Gasteiger partial charge in [0, 0.05) is 6.04 Å². The number of nitrogens with zero attached hydrogens (tertiary/aromatic N) is 1. The van der Waals surface area contributed by atoms with Gasteiger partial charge >= 0.3 is 0 Å². The number of hydrogen-bond donors (Lipinski definition) is 1. The molecule has 1 fully saturated rings. The summed E-state index contributed by atoms with van der Waals surface area (Å²) >= 11 is 0. The van der Waals surface area contributed by atoms with Crippen LogP contribution in [0.15, 0.2) is 4.52 Å². The van der Waals surface area contributed by atoms with E-state index in [1.807, 2.05) is 6.92 Å². The quantitative estimate of drug-likeness (QED) is 0.897. The number of carbonyl (C=O) groups is 1. The van der Waals surface area contributed by atoms with Crippen molar-refractivity contribution in [1.82, 2.24) is 10.5 Å². The lowest BCUT2D eigenvalue weighted by atomic mass is 9.86. The van der Waals surface area contributed by atoms with Gasteiger partial charge in [0.2, 0.25) is 0 Å². The average Bonchev–Trinajstić information content (AvgIpc) is 2.73. The van der Waals surface area contributed by atoms with E-state index < -0.39 is 0 Å². The van der Waals surface area contributed by atoms with Gasteiger partial charge in [-0.1, -0.05) is 31.8 Å². The van der Waals surface area contributed by atoms with Crippen molar-refractivity contribution in [3.8, 4) is 0 Å². The fraction of sp³-hybridized carbons (Fsp3) is 0.714. The zero-order chi connectivity index (χ0) is 13.1. The third-order valence-corrected chi connectivity index (χ3v) is 3.92. The fourth-order valence-corrected chi connectivity index (χ4v) is 2.72. The maximum absolute atomic E-state index is 12.3. The van der Waals surface area contributed by atoms with Crippen LogP contribution in [0.5, 0.6) is 0 Å². The van der Waals surface area contributed by atoms with Crippen LogP contribution in [0.4, 0.5) is 0 Å². The Morgan fingerprint density at radius 3 is 2.83 bits per heavy atom. The summed E-state index contributed by atoms with van der Waals surface area (Å²) in [5.41, 5.74) is 1.39. The summed E-state index contributed by atoms with van der Waals surface area (Å²) in [6.45, 7) is 5.99. The van der Waals surface area contributed by atoms with Gasteiger partial charge in [-0.15, -0.1) is 0 Å². The normalized spacial score (nSPS) is 23.9. The monoisotopic (exact) mass is 250 g/mol. The van der Waals surface area contributed by atoms with E-state index in [9.17, 15) is 4.79 Å². The summed E-state index contributed by atoms with van der Waals surface area (Å²) in [5, 5.41) is 7.08. The van der Waals surface area contributed by atoms with Crippen molar-refractivity contribution in [2.45, 2.75) is 58.9 Å². The predicted octanol–water partition coefficient (Wildman–Crippen LogP) is 2.85. The molecular weight excluding hydrogens is 228 g/mol. The zero-order valence-corrected chi connectivity index (χ0v) is 11.5. The molecule has 0 radical (unpaired) electrons. The smallest absolute Gasteiger partial charge is 0.257 e. The molecule has 1 aliphatic carbocycles. The molecule has 1 amide bonds. The number of nitrogens with one attached hydrogen (secondary N) is 1. The minimum atomic E-state index is -0.0238. The zero-order valence-electron chi connectivity index (χ0n) is 11.5. The second-order valence-corrected chi connectivity index (χ2v) is 5.26. The lowest BCUT2D eigenvalue weighted by molar-refractivity contribution is 0.0908. The van der Waals surface area contributed by atoms with E-state index in [-0.39, 0.29) is 5.91 Å². The highest BCUT2D eigenvalue weighted by molar-refractivity contribution is 5.96. The largest absolute Gasteiger partial charge is 0.361 e. The van der Waals surface area contributed by atoms with Crippen LogP contribution < -0.4 is 5.32 Å². The second-order valence-electron chi connectivity index (χ2n) is 5.26. The third-order valence-electron chi connectivity index (χ3n) is 3.92. The van der Waals surface area contributed by atoms with Crippen LogP contribution in [0, 0.1) is 12.8 Å². The SMILES string of the molecule is CCc1noc(C)c1C(=O)N[C@@H]1CCCC[C@@H]1C. The van der Waals surface area contributed by atoms with Crippen molar-refractivity contribution in [2.24, 2.45) is 5.92 Å². The predicted molar refractivity (Wildman–Crippen MR) is 69.5 cm³/mol. The Kier molecular flexibility index (Phi) is 4.04. The van der Waals surface area contributed by atoms with E-state index in [1.54, 1.807) is 6.92 Å². The Morgan fingerprint density at radius 2 is 2.17 bits per heavy atom. The summed E-state index contributed by atoms with van der Waals surface area (Å²) in [6.07, 6.45) is 5.49. The lowest BCUT2D eigenvalue weighted by Gasteiger charge is -2.29. The molecule has 1 aliphatic rings. The molecular formula is C14H22N2O2. The number of carbonyl (C=O) groups excluding carboxylic acids is 1. The van der Waals surface area contributed by atoms with Gasteiger partial charge in [0.15, 0.2) is 0 Å². The molecule has 0 bridgehead atoms. The van der Waals surface area contributed by atoms with Gasteiger partial charge in [-0.2, -0.15) is 0 Å². The molecule has 0 aromatic carbocycles. The standard InChI is InChI=1S/C14H22N2O2/c1-4-11-13(10(3)18-16-11)14(17)15-12-8-6-5-7-9(12)2/h9,12H,4-8H2,1-3H3,(H,15,17)/t9-,12+/m0/s1. The number of hydrogen-bond acceptors (Lipinski definition) is 3. The Morgan fingerprint density at radius 1 is 1.44 bits per heavy atom. The van der Waals surface area contributed by atoms with Gasteiger partial charge in [0.05, 0.1) is 5.69 Å². The van der Waals surface area contributed by atoms with Gasteiger partial charge in [-0.05, 0) is 32.1 Å². The molecule has 0 saturated heterocycles. The number of amides is 1. The van der Waals surface area contributed by atoms with Crippen LogP contribution in [-0.4, -0.2) is 17.1 Å². The van der Waals surface area contributed by atoms with E-state index >= 15 is 0 Å². The van der Waals surface area contributed by atoms with Crippen molar-refractivity contribution in [1.29, 1.82) is 0 Å². The van der Waals surface area contributed by atoms with Crippen molar-refractivity contribution in [3.05, 3.63) is 17.0 Å². The minimum absolute atomic E-state index is 0.0238. The number of rotatable bonds is 3. The molecule has 2 atom stereocenters. The Hall–Kier alpha value is -1.32. The molecule has 18 heavy (non-hydrogen) atoms. The highest BCUT2D eigenvalue weighted by Gasteiger charge is 2.26. The van der Waals surface area contributed by atoms with Crippen molar-refractivity contribution < 1.29 is 9.32 Å². The fourth-order valence-electron chi connectivity index (χ4n) is 2.72. The molecule has 0 unspecified atom stereocenters. The molecule has 0 spiro atoms. The van der Waals surface area contributed by atoms with E-state index in [4.69, 9.17) is 4.52 Å². The van der Waals surface area contributed by atoms with Crippen molar-refractivity contribution in [3.63, 3.8) is 0 Å². The molecule has 1 aromatic rings. The molecule has 2 rings (SSSR count). The lowest BCUT2D eigenvalue weighted by Crippen LogP contribution is -2.41. The highest BCUT2D eigenvalue weighted by Crippen LogP contribution is 2.24. The van der Waals surface area contributed by atoms with E-state index in [1.165, 1.54) is 19.3 Å². The summed E-state index contributed by atoms with van der Waals surface area (Å²) in [7, 11) is 0. The number of aryl methyl sites for hydroxylation is 2. The van der Waals surface area contributed by atoms with Crippen LogP contribution >= 0.6 is 0 Å². The van der Waals surface area contributed by atoms with Crippen LogP contribution in [-0.2, 0) is 6.42 Å². The first-order valence-corrected chi connectivity index (χ1v) is 6.89. The first-order chi connectivity index (χ1) is 8.63. The maximum atomic E-state index is 12.3. The molecule has 100 valence electrons. The van der Waals surface area contributed by atoms with Gasteiger partial charge in [0.25, 0.3) is 5.91 Å². The van der Waals surface area contributed by atoms with Gasteiger partial charge < -0.3 is 9.84 Å². The Bertz CT molecular complexity index is 425. The molecule has 1 N–H and O–H groups in total. The Labute approximate surface area is 108 Å². The van der Waals surface area contributed by atoms with Crippen LogP contribution in [0.2, 0.25) is 0 Å². The van der Waals surface area contributed by atoms with Crippen molar-refractivity contribution >= 4 is 5.91 Å². The first-order valence-electron chi connectivity index (χ1n) is 6.89. The molecule has 0 aliphatic heterocycles. The van der Waals surface area contributed by atoms with Crippen LogP contribution in [0.3, 0.4) is 0 Å². The second kappa shape index (κ2) is 5.55. The molecule has 1 heterocycles. The summed E-state index contributed by atoms with van der Waals surface area (Å²) < 4.78 is 5.11.